The van der Waals surface area contributed by atoms with Crippen LogP contribution in [0.4, 0.5) is 10.5 Å². The predicted octanol–water partition coefficient (Wildman–Crippen LogP) is 1.10. The molecular weight excluding hydrogens is 268 g/mol. The van der Waals surface area contributed by atoms with Gasteiger partial charge in [-0.1, -0.05) is 11.6 Å². The highest BCUT2D eigenvalue weighted by Gasteiger charge is 2.25. The number of nitrogen functional groups attached to an aromatic ring is 1. The fraction of sp³-hybridized carbons (Fsp3) is 0.467. The number of nitrogens with one attached hydrogen (secondary N) is 1. The molecule has 1 saturated heterocycles. The second kappa shape index (κ2) is 6.47. The van der Waals surface area contributed by atoms with E-state index in [2.05, 4.69) is 5.32 Å². The van der Waals surface area contributed by atoms with Gasteiger partial charge in [-0.15, -0.1) is 0 Å². The van der Waals surface area contributed by atoms with Crippen LogP contribution in [0.5, 0.6) is 0 Å². The largest absolute Gasteiger partial charge is 0.398 e. The zero-order valence-electron chi connectivity index (χ0n) is 12.3. The Morgan fingerprint density at radius 1 is 1.43 bits per heavy atom. The molecule has 0 bridgehead atoms. The zero-order valence-corrected chi connectivity index (χ0v) is 12.3. The number of anilines is 1. The quantitative estimate of drug-likeness (QED) is 0.726. The number of primary amides is 1. The number of piperidine rings is 1. The SMILES string of the molecule is Cc1ccc(N)c(C(=O)N2CCCC(CNC(N)=O)C2)c1. The summed E-state index contributed by atoms with van der Waals surface area (Å²) in [6, 6.07) is 4.95. The first-order chi connectivity index (χ1) is 9.97. The summed E-state index contributed by atoms with van der Waals surface area (Å²) in [5.74, 6) is 0.196. The van der Waals surface area contributed by atoms with Crippen LogP contribution in [0.15, 0.2) is 18.2 Å². The molecule has 6 heteroatoms. The summed E-state index contributed by atoms with van der Waals surface area (Å²) in [6.07, 6.45) is 1.90. The summed E-state index contributed by atoms with van der Waals surface area (Å²) in [5.41, 5.74) is 13.1. The van der Waals surface area contributed by atoms with Gasteiger partial charge in [-0.05, 0) is 37.8 Å². The maximum atomic E-state index is 12.6. The van der Waals surface area contributed by atoms with Crippen LogP contribution in [0.3, 0.4) is 0 Å². The topological polar surface area (TPSA) is 101 Å². The van der Waals surface area contributed by atoms with Gasteiger partial charge in [0.2, 0.25) is 0 Å². The Hall–Kier alpha value is -2.24. The number of hydrogen-bond donors (Lipinski definition) is 3. The number of rotatable bonds is 3. The molecule has 2 rings (SSSR count). The lowest BCUT2D eigenvalue weighted by molar-refractivity contribution is 0.0676. The molecule has 1 atom stereocenters. The highest BCUT2D eigenvalue weighted by atomic mass is 16.2. The standard InChI is InChI=1S/C15H22N4O2/c1-10-4-5-13(16)12(7-10)14(20)19-6-2-3-11(9-19)8-18-15(17)21/h4-5,7,11H,2-3,6,8-9,16H2,1H3,(H3,17,18,21). The van der Waals surface area contributed by atoms with Gasteiger partial charge in [0, 0.05) is 25.3 Å². The summed E-state index contributed by atoms with van der Waals surface area (Å²) >= 11 is 0. The third-order valence-corrected chi connectivity index (χ3v) is 3.81. The summed E-state index contributed by atoms with van der Waals surface area (Å²) < 4.78 is 0. The summed E-state index contributed by atoms with van der Waals surface area (Å²) in [4.78, 5) is 25.2. The molecule has 21 heavy (non-hydrogen) atoms. The normalized spacial score (nSPS) is 18.3. The molecule has 114 valence electrons. The van der Waals surface area contributed by atoms with Crippen molar-refractivity contribution in [2.75, 3.05) is 25.4 Å². The predicted molar refractivity (Wildman–Crippen MR) is 81.8 cm³/mol. The Balaban J connectivity index is 2.05. The van der Waals surface area contributed by atoms with Crippen molar-refractivity contribution in [3.8, 4) is 0 Å². The van der Waals surface area contributed by atoms with Crippen molar-refractivity contribution in [2.24, 2.45) is 11.7 Å². The lowest BCUT2D eigenvalue weighted by Gasteiger charge is -2.33. The van der Waals surface area contributed by atoms with Gasteiger partial charge in [0.15, 0.2) is 0 Å². The zero-order chi connectivity index (χ0) is 15.4. The number of hydrogen-bond acceptors (Lipinski definition) is 3. The lowest BCUT2D eigenvalue weighted by Crippen LogP contribution is -2.44. The molecule has 0 spiro atoms. The Labute approximate surface area is 124 Å². The van der Waals surface area contributed by atoms with Gasteiger partial charge in [-0.25, -0.2) is 4.79 Å². The van der Waals surface area contributed by atoms with Gasteiger partial charge < -0.3 is 21.7 Å². The second-order valence-corrected chi connectivity index (χ2v) is 5.60. The number of nitrogens with two attached hydrogens (primary N) is 2. The van der Waals surface area contributed by atoms with Crippen LogP contribution in [0.2, 0.25) is 0 Å². The second-order valence-electron chi connectivity index (χ2n) is 5.60. The Kier molecular flexibility index (Phi) is 4.67. The monoisotopic (exact) mass is 290 g/mol. The van der Waals surface area contributed by atoms with Crippen LogP contribution in [-0.4, -0.2) is 36.5 Å². The van der Waals surface area contributed by atoms with Crippen LogP contribution in [-0.2, 0) is 0 Å². The summed E-state index contributed by atoms with van der Waals surface area (Å²) in [7, 11) is 0. The van der Waals surface area contributed by atoms with Gasteiger partial charge in [0.05, 0.1) is 5.56 Å². The average Bonchev–Trinajstić information content (AvgIpc) is 2.47. The number of aryl methyl sites for hydroxylation is 1. The first-order valence-corrected chi connectivity index (χ1v) is 7.16. The third-order valence-electron chi connectivity index (χ3n) is 3.81. The van der Waals surface area contributed by atoms with E-state index in [4.69, 9.17) is 11.5 Å². The van der Waals surface area contributed by atoms with Gasteiger partial charge >= 0.3 is 6.03 Å². The van der Waals surface area contributed by atoms with Crippen molar-refractivity contribution in [1.29, 1.82) is 0 Å². The van der Waals surface area contributed by atoms with Gasteiger partial charge in [-0.2, -0.15) is 0 Å². The number of likely N-dealkylation sites (tertiary alicyclic amines) is 1. The van der Waals surface area contributed by atoms with E-state index in [9.17, 15) is 9.59 Å². The van der Waals surface area contributed by atoms with Gasteiger partial charge in [0.1, 0.15) is 0 Å². The first-order valence-electron chi connectivity index (χ1n) is 7.16. The molecule has 5 N–H and O–H groups in total. The van der Waals surface area contributed by atoms with Crippen molar-refractivity contribution in [3.05, 3.63) is 29.3 Å². The molecule has 1 fully saturated rings. The molecular formula is C15H22N4O2. The molecule has 1 aliphatic heterocycles. The van der Waals surface area contributed by atoms with E-state index in [0.29, 0.717) is 24.3 Å². The molecule has 0 aromatic heterocycles. The fourth-order valence-electron chi connectivity index (χ4n) is 2.69. The van der Waals surface area contributed by atoms with Crippen LogP contribution < -0.4 is 16.8 Å². The Morgan fingerprint density at radius 3 is 2.90 bits per heavy atom. The molecule has 1 unspecified atom stereocenters. The third kappa shape index (κ3) is 3.87. The van der Waals surface area contributed by atoms with E-state index < -0.39 is 6.03 Å². The highest BCUT2D eigenvalue weighted by Crippen LogP contribution is 2.21. The lowest BCUT2D eigenvalue weighted by atomic mass is 9.97. The first kappa shape index (κ1) is 15.2. The number of nitrogens with zero attached hydrogens (tertiary/aromatic N) is 1. The van der Waals surface area contributed by atoms with Crippen molar-refractivity contribution in [3.63, 3.8) is 0 Å². The van der Waals surface area contributed by atoms with Crippen LogP contribution in [0.25, 0.3) is 0 Å². The number of carbonyl (C=O) groups is 2. The van der Waals surface area contributed by atoms with E-state index in [1.807, 2.05) is 24.0 Å². The van der Waals surface area contributed by atoms with Crippen LogP contribution in [0, 0.1) is 12.8 Å². The van der Waals surface area contributed by atoms with E-state index in [-0.39, 0.29) is 11.8 Å². The minimum atomic E-state index is -0.527. The smallest absolute Gasteiger partial charge is 0.312 e. The van der Waals surface area contributed by atoms with E-state index in [1.165, 1.54) is 0 Å². The maximum absolute atomic E-state index is 12.6. The minimum Gasteiger partial charge on any atom is -0.398 e. The van der Waals surface area contributed by atoms with E-state index in [0.717, 1.165) is 24.9 Å². The van der Waals surface area contributed by atoms with Crippen LogP contribution in [0.1, 0.15) is 28.8 Å². The minimum absolute atomic E-state index is 0.0417. The molecule has 6 nitrogen and oxygen atoms in total. The molecule has 0 saturated carbocycles. The van der Waals surface area contributed by atoms with Crippen molar-refractivity contribution < 1.29 is 9.59 Å². The molecule has 1 heterocycles. The van der Waals surface area contributed by atoms with Crippen molar-refractivity contribution in [2.45, 2.75) is 19.8 Å². The fourth-order valence-corrected chi connectivity index (χ4v) is 2.69. The number of amides is 3. The molecule has 1 aromatic carbocycles. The molecule has 1 aromatic rings. The maximum Gasteiger partial charge on any atom is 0.312 e. The van der Waals surface area contributed by atoms with Crippen LogP contribution >= 0.6 is 0 Å². The highest BCUT2D eigenvalue weighted by molar-refractivity contribution is 5.99. The van der Waals surface area contributed by atoms with Crippen molar-refractivity contribution in [1.82, 2.24) is 10.2 Å². The van der Waals surface area contributed by atoms with Crippen molar-refractivity contribution >= 4 is 17.6 Å². The van der Waals surface area contributed by atoms with E-state index >= 15 is 0 Å². The number of urea groups is 1. The molecule has 3 amide bonds. The summed E-state index contributed by atoms with van der Waals surface area (Å²) in [5, 5.41) is 2.61. The van der Waals surface area contributed by atoms with E-state index in [1.54, 1.807) is 6.07 Å². The van der Waals surface area contributed by atoms with Gasteiger partial charge in [0.25, 0.3) is 5.91 Å². The molecule has 0 radical (unpaired) electrons. The molecule has 0 aliphatic carbocycles. The average molecular weight is 290 g/mol. The number of carbonyl (C=O) groups excluding carboxylic acids is 2. The molecule has 1 aliphatic rings. The Morgan fingerprint density at radius 2 is 2.19 bits per heavy atom. The summed E-state index contributed by atoms with van der Waals surface area (Å²) in [6.45, 7) is 3.78. The number of benzene rings is 1. The Bertz CT molecular complexity index is 544. The van der Waals surface area contributed by atoms with Gasteiger partial charge in [-0.3, -0.25) is 4.79 Å².